The largest absolute Gasteiger partial charge is 0.394 e. The number of nitrogens with one attached hydrogen (secondary N) is 4. The van der Waals surface area contributed by atoms with Crippen LogP contribution in [-0.2, 0) is 89.7 Å². The van der Waals surface area contributed by atoms with Gasteiger partial charge in [0, 0.05) is 95.0 Å². The lowest BCUT2D eigenvalue weighted by molar-refractivity contribution is -0.119. The Hall–Kier alpha value is -5.85. The SMILES string of the molecule is C=C1NC(=O)C=CN1[C@@H]1O[C@H](/C(C)=C/P(=O)(O)O)[C@H](OC(C)C)C1OC.C=C1NC(=O)C=CN1[C@@H]1O[C@H](/C=C/P(=O)(O)O)[C@H](OC(C)C)C1OC.C=C1NC(=O)C=CN1[C@@H]1O[C@H](/C=C/P(=O)(O)O)[C@H](OC(C)C)C1OC.C=C1NC(=O)C=CN1[C@@H]1O[C@H](CO)[C@H](OC(C)C)C1OC. The van der Waals surface area contributed by atoms with E-state index in [0.29, 0.717) is 28.9 Å². The van der Waals surface area contributed by atoms with Crippen LogP contribution >= 0.6 is 22.8 Å². The van der Waals surface area contributed by atoms with Gasteiger partial charge in [-0.3, -0.25) is 32.9 Å². The Morgan fingerprint density at radius 1 is 0.464 bits per heavy atom. The van der Waals surface area contributed by atoms with Crippen LogP contribution in [0, 0.1) is 0 Å². The molecule has 4 amide bonds. The van der Waals surface area contributed by atoms with Crippen LogP contribution < -0.4 is 21.3 Å². The summed E-state index contributed by atoms with van der Waals surface area (Å²) in [5, 5.41) is 19.8. The molecular formula is C60H93N8O26P3. The molecule has 0 aromatic carbocycles. The van der Waals surface area contributed by atoms with E-state index in [-0.39, 0.29) is 54.7 Å². The highest BCUT2D eigenvalue weighted by Crippen LogP contribution is 2.44. The van der Waals surface area contributed by atoms with Gasteiger partial charge >= 0.3 is 22.8 Å². The zero-order chi connectivity index (χ0) is 72.8. The average molecular weight is 1440 g/mol. The van der Waals surface area contributed by atoms with E-state index in [9.17, 15) is 47.8 Å². The predicted octanol–water partition coefficient (Wildman–Crippen LogP) is 2.20. The molecule has 97 heavy (non-hydrogen) atoms. The average Bonchev–Trinajstić information content (AvgIpc) is 1.67. The van der Waals surface area contributed by atoms with Crippen molar-refractivity contribution in [2.75, 3.05) is 35.0 Å². The maximum atomic E-state index is 11.4. The minimum Gasteiger partial charge on any atom is -0.394 e. The minimum absolute atomic E-state index is 0.0242. The second kappa shape index (κ2) is 36.0. The van der Waals surface area contributed by atoms with Crippen molar-refractivity contribution in [1.82, 2.24) is 40.9 Å². The number of hydrogen-bond acceptors (Lipinski definition) is 24. The number of hydrogen-bond donors (Lipinski definition) is 11. The monoisotopic (exact) mass is 1430 g/mol. The molecule has 0 radical (unpaired) electrons. The number of carbonyl (C=O) groups excluding carboxylic acids is 4. The number of rotatable bonds is 23. The Bertz CT molecular complexity index is 3070. The summed E-state index contributed by atoms with van der Waals surface area (Å²) in [5.41, 5.74) is 0.337. The van der Waals surface area contributed by atoms with Crippen LogP contribution in [0.5, 0.6) is 0 Å². The summed E-state index contributed by atoms with van der Waals surface area (Å²) >= 11 is 0. The summed E-state index contributed by atoms with van der Waals surface area (Å²) in [5.74, 6) is 2.61. The fourth-order valence-corrected chi connectivity index (χ4v) is 12.4. The topological polar surface area (TPSA) is 433 Å². The van der Waals surface area contributed by atoms with Crippen molar-refractivity contribution in [2.45, 2.75) is 185 Å². The number of aliphatic hydroxyl groups is 1. The van der Waals surface area contributed by atoms with Gasteiger partial charge in [-0.25, -0.2) is 0 Å². The number of ether oxygens (including phenoxy) is 12. The summed E-state index contributed by atoms with van der Waals surface area (Å²) in [6.07, 6.45) is 3.84. The van der Waals surface area contributed by atoms with E-state index in [4.69, 9.17) is 76.4 Å². The molecular weight excluding hydrogens is 1340 g/mol. The molecule has 4 fully saturated rings. The number of carbonyl (C=O) groups is 4. The number of nitrogens with zero attached hydrogens (tertiary/aromatic N) is 4. The summed E-state index contributed by atoms with van der Waals surface area (Å²) in [6.45, 7) is 31.4. The molecule has 4 saturated heterocycles. The van der Waals surface area contributed by atoms with Crippen LogP contribution in [0.1, 0.15) is 62.3 Å². The molecule has 0 aromatic rings. The highest BCUT2D eigenvalue weighted by molar-refractivity contribution is 7.55. The van der Waals surface area contributed by atoms with E-state index < -0.39 is 121 Å². The van der Waals surface area contributed by atoms with Crippen LogP contribution in [0.4, 0.5) is 0 Å². The van der Waals surface area contributed by atoms with Crippen molar-refractivity contribution >= 4 is 46.4 Å². The van der Waals surface area contributed by atoms with Gasteiger partial charge in [0.1, 0.15) is 96.5 Å². The minimum atomic E-state index is -4.38. The summed E-state index contributed by atoms with van der Waals surface area (Å²) in [4.78, 5) is 107. The lowest BCUT2D eigenvalue weighted by Gasteiger charge is -2.34. The van der Waals surface area contributed by atoms with Crippen molar-refractivity contribution < 1.29 is 124 Å². The van der Waals surface area contributed by atoms with E-state index in [1.54, 1.807) is 39.8 Å². The third-order valence-corrected chi connectivity index (χ3v) is 16.5. The molecule has 8 aliphatic heterocycles. The number of amides is 4. The first-order valence-electron chi connectivity index (χ1n) is 30.3. The third-order valence-electron chi connectivity index (χ3n) is 14.6. The summed E-state index contributed by atoms with van der Waals surface area (Å²) in [7, 11) is -7.02. The first-order chi connectivity index (χ1) is 45.2. The standard InChI is InChI=1S/C16H25N2O7P.2C15H23N2O7P.C14H22N2O5/c1-9(2)24-14-13(10(3)8-26(20,21)22)25-16(15(14)23-5)18-7-6-12(19)17-11(18)4;2*1-9(2)23-13-11(6-8-25(19,20)21)24-15(14(13)22-4)17-7-5-12(18)16-10(17)3;1-8(2)20-12-10(7-17)21-14(13(12)19-4)16-6-5-11(18)15-9(16)3/h6-9,13-16H,4H2,1-3,5H3,(H,17,19)(H2,20,21,22);2*5-9,11,13-15H,3H2,1-2,4H3,(H,16,18)(H2,19,20,21);5-6,8,10,12-14,17H,3,7H2,1-2,4H3,(H,15,18)/b10-8+;2*8-6+;/t13-,14+,15?,16-;2*11-,13+,14?,15-;10-,12+,13?,14-/m1111/s1. The highest BCUT2D eigenvalue weighted by atomic mass is 31.2. The van der Waals surface area contributed by atoms with Gasteiger partial charge in [-0.15, -0.1) is 0 Å². The zero-order valence-corrected chi connectivity index (χ0v) is 58.8. The zero-order valence-electron chi connectivity index (χ0n) is 56.1. The van der Waals surface area contributed by atoms with Gasteiger partial charge in [-0.1, -0.05) is 26.3 Å². The smallest absolute Gasteiger partial charge is 0.349 e. The molecule has 37 heteroatoms. The predicted molar refractivity (Wildman–Crippen MR) is 346 cm³/mol. The molecule has 16 atom stereocenters. The van der Waals surface area contributed by atoms with Crippen LogP contribution in [0.25, 0.3) is 0 Å². The van der Waals surface area contributed by atoms with Gasteiger partial charge in [0.15, 0.2) is 24.9 Å². The lowest BCUT2D eigenvalue weighted by atomic mass is 10.0. The molecule has 0 saturated carbocycles. The van der Waals surface area contributed by atoms with Gasteiger partial charge in [0.2, 0.25) is 0 Å². The highest BCUT2D eigenvalue weighted by Gasteiger charge is 2.53. The second-order valence-electron chi connectivity index (χ2n) is 23.5. The van der Waals surface area contributed by atoms with Gasteiger partial charge in [0.25, 0.3) is 23.6 Å². The van der Waals surface area contributed by atoms with Crippen molar-refractivity contribution in [3.63, 3.8) is 0 Å². The van der Waals surface area contributed by atoms with Crippen molar-refractivity contribution in [3.05, 3.63) is 134 Å². The molecule has 11 N–H and O–H groups in total. The Morgan fingerprint density at radius 2 is 0.742 bits per heavy atom. The van der Waals surface area contributed by atoms with Crippen LogP contribution in [0.15, 0.2) is 134 Å². The lowest BCUT2D eigenvalue weighted by Crippen LogP contribution is -2.48. The molecule has 8 rings (SSSR count). The van der Waals surface area contributed by atoms with Gasteiger partial charge in [-0.2, -0.15) is 0 Å². The van der Waals surface area contributed by atoms with Gasteiger partial charge < -0.3 is 132 Å². The molecule has 4 unspecified atom stereocenters. The first-order valence-corrected chi connectivity index (χ1v) is 35.3. The number of aliphatic hydroxyl groups excluding tert-OH is 1. The van der Waals surface area contributed by atoms with Crippen molar-refractivity contribution in [1.29, 1.82) is 0 Å². The van der Waals surface area contributed by atoms with E-state index in [1.807, 2.05) is 55.4 Å². The fourth-order valence-electron chi connectivity index (χ4n) is 10.9. The molecule has 34 nitrogen and oxygen atoms in total. The van der Waals surface area contributed by atoms with E-state index in [0.717, 1.165) is 17.5 Å². The maximum Gasteiger partial charge on any atom is 0.349 e. The third kappa shape index (κ3) is 23.4. The molecule has 0 spiro atoms. The van der Waals surface area contributed by atoms with Gasteiger partial charge in [0.05, 0.1) is 31.0 Å². The Morgan fingerprint density at radius 3 is 1.02 bits per heavy atom. The van der Waals surface area contributed by atoms with Crippen LogP contribution in [0.2, 0.25) is 0 Å². The molecule has 0 aliphatic carbocycles. The Balaban J connectivity index is 0.000000234. The summed E-state index contributed by atoms with van der Waals surface area (Å²) < 4.78 is 103. The van der Waals surface area contributed by atoms with Crippen LogP contribution in [0.3, 0.4) is 0 Å². The summed E-state index contributed by atoms with van der Waals surface area (Å²) in [6, 6.07) is 0. The molecule has 8 aliphatic rings. The van der Waals surface area contributed by atoms with E-state index in [1.165, 1.54) is 76.4 Å². The van der Waals surface area contributed by atoms with Crippen molar-refractivity contribution in [2.24, 2.45) is 0 Å². The van der Waals surface area contributed by atoms with E-state index in [2.05, 4.69) is 47.6 Å². The number of methoxy groups -OCH3 is 4. The molecule has 8 heterocycles. The molecule has 0 aromatic heterocycles. The molecule has 0 bridgehead atoms. The molecule has 544 valence electrons. The van der Waals surface area contributed by atoms with E-state index >= 15 is 0 Å². The second-order valence-corrected chi connectivity index (χ2v) is 27.9. The fraction of sp³-hybridized carbons (Fsp3) is 0.567. The first kappa shape index (κ1) is 81.8. The van der Waals surface area contributed by atoms with Crippen molar-refractivity contribution in [3.8, 4) is 0 Å². The Labute approximate surface area is 563 Å². The maximum absolute atomic E-state index is 11.4. The van der Waals surface area contributed by atoms with Gasteiger partial charge in [-0.05, 0) is 80.0 Å². The van der Waals surface area contributed by atoms with Crippen LogP contribution in [-0.4, -0.2) is 235 Å². The normalized spacial score (nSPS) is 31.0. The quantitative estimate of drug-likeness (QED) is 0.0653. The Kier molecular flexibility index (Phi) is 30.3.